The summed E-state index contributed by atoms with van der Waals surface area (Å²) in [5, 5.41) is 0. The summed E-state index contributed by atoms with van der Waals surface area (Å²) >= 11 is 0. The van der Waals surface area contributed by atoms with Crippen molar-refractivity contribution in [3.63, 3.8) is 0 Å². The molecule has 3 N–H and O–H groups in total. The molecule has 0 radical (unpaired) electrons. The maximum absolute atomic E-state index is 5.57. The predicted molar refractivity (Wildman–Crippen MR) is 80.1 cm³/mol. The van der Waals surface area contributed by atoms with Crippen LogP contribution in [0.15, 0.2) is 30.3 Å². The van der Waals surface area contributed by atoms with Crippen molar-refractivity contribution in [1.29, 1.82) is 0 Å². The fourth-order valence-corrected chi connectivity index (χ4v) is 1.89. The third-order valence-corrected chi connectivity index (χ3v) is 3.38. The zero-order chi connectivity index (χ0) is 14.8. The fraction of sp³-hybridized carbons (Fsp3) is 0.333. The van der Waals surface area contributed by atoms with Gasteiger partial charge in [0.1, 0.15) is 11.4 Å². The first-order valence-electron chi connectivity index (χ1n) is 6.46. The van der Waals surface area contributed by atoms with Gasteiger partial charge < -0.3 is 10.2 Å². The van der Waals surface area contributed by atoms with Gasteiger partial charge >= 0.3 is 0 Å². The molecule has 106 valence electrons. The van der Waals surface area contributed by atoms with E-state index in [2.05, 4.69) is 15.4 Å². The number of nitrogen functional groups attached to an aromatic ring is 1. The molecule has 0 fully saturated rings. The van der Waals surface area contributed by atoms with Gasteiger partial charge in [-0.2, -0.15) is 0 Å². The van der Waals surface area contributed by atoms with Crippen molar-refractivity contribution in [2.75, 3.05) is 12.5 Å². The van der Waals surface area contributed by atoms with E-state index in [9.17, 15) is 0 Å². The van der Waals surface area contributed by atoms with Gasteiger partial charge in [0.2, 0.25) is 0 Å². The molecule has 0 aliphatic heterocycles. The van der Waals surface area contributed by atoms with Crippen LogP contribution < -0.4 is 11.3 Å². The van der Waals surface area contributed by atoms with Crippen LogP contribution in [-0.2, 0) is 10.3 Å². The minimum atomic E-state index is -0.581. The number of aromatic nitrogens is 2. The SMILES string of the molecule is COC(C)(C)c1nc(NN)c(C)c(-c2ccccc2)n1. The van der Waals surface area contributed by atoms with Crippen molar-refractivity contribution in [2.45, 2.75) is 26.4 Å². The molecule has 0 aliphatic carbocycles. The Morgan fingerprint density at radius 3 is 2.35 bits per heavy atom. The van der Waals surface area contributed by atoms with E-state index in [-0.39, 0.29) is 0 Å². The molecule has 0 unspecified atom stereocenters. The van der Waals surface area contributed by atoms with Gasteiger partial charge in [-0.25, -0.2) is 15.8 Å². The molecule has 1 aromatic carbocycles. The van der Waals surface area contributed by atoms with E-state index in [1.54, 1.807) is 7.11 Å². The molecule has 5 heteroatoms. The maximum atomic E-state index is 5.57. The summed E-state index contributed by atoms with van der Waals surface area (Å²) in [7, 11) is 1.64. The zero-order valence-corrected chi connectivity index (χ0v) is 12.3. The zero-order valence-electron chi connectivity index (χ0n) is 12.3. The molecule has 2 aromatic rings. The highest BCUT2D eigenvalue weighted by Gasteiger charge is 2.25. The van der Waals surface area contributed by atoms with Gasteiger partial charge in [0.05, 0.1) is 5.69 Å². The van der Waals surface area contributed by atoms with Gasteiger partial charge in [-0.3, -0.25) is 0 Å². The molecule has 0 saturated heterocycles. The van der Waals surface area contributed by atoms with Gasteiger partial charge in [0.25, 0.3) is 0 Å². The van der Waals surface area contributed by atoms with Crippen molar-refractivity contribution in [2.24, 2.45) is 5.84 Å². The van der Waals surface area contributed by atoms with Crippen LogP contribution in [0.1, 0.15) is 25.2 Å². The summed E-state index contributed by atoms with van der Waals surface area (Å²) in [5.41, 5.74) is 4.85. The van der Waals surface area contributed by atoms with E-state index in [1.165, 1.54) is 0 Å². The number of ether oxygens (including phenoxy) is 1. The number of hydrazine groups is 1. The normalized spacial score (nSPS) is 11.4. The highest BCUT2D eigenvalue weighted by Crippen LogP contribution is 2.29. The number of hydrogen-bond acceptors (Lipinski definition) is 5. The van der Waals surface area contributed by atoms with Gasteiger partial charge in [-0.05, 0) is 20.8 Å². The first-order chi connectivity index (χ1) is 9.49. The summed E-state index contributed by atoms with van der Waals surface area (Å²) in [6.07, 6.45) is 0. The molecule has 0 amide bonds. The molecule has 2 rings (SSSR count). The largest absolute Gasteiger partial charge is 0.371 e. The highest BCUT2D eigenvalue weighted by atomic mass is 16.5. The number of anilines is 1. The molecule has 0 atom stereocenters. The Bertz CT molecular complexity index is 596. The molecule has 1 heterocycles. The monoisotopic (exact) mass is 272 g/mol. The Kier molecular flexibility index (Phi) is 4.01. The first-order valence-corrected chi connectivity index (χ1v) is 6.46. The second-order valence-electron chi connectivity index (χ2n) is 5.09. The standard InChI is InChI=1S/C15H20N4O/c1-10-12(11-8-6-5-7-9-11)17-14(15(2,3)20-4)18-13(10)19-16/h5-9H,16H2,1-4H3,(H,17,18,19). The van der Waals surface area contributed by atoms with E-state index in [0.717, 1.165) is 16.8 Å². The lowest BCUT2D eigenvalue weighted by Gasteiger charge is -2.23. The van der Waals surface area contributed by atoms with E-state index in [0.29, 0.717) is 11.6 Å². The molecule has 5 nitrogen and oxygen atoms in total. The lowest BCUT2D eigenvalue weighted by atomic mass is 10.0. The van der Waals surface area contributed by atoms with E-state index in [4.69, 9.17) is 10.6 Å². The second kappa shape index (κ2) is 5.56. The van der Waals surface area contributed by atoms with Gasteiger partial charge in [0.15, 0.2) is 5.82 Å². The number of methoxy groups -OCH3 is 1. The van der Waals surface area contributed by atoms with Crippen molar-refractivity contribution in [1.82, 2.24) is 9.97 Å². The van der Waals surface area contributed by atoms with Crippen LogP contribution in [0.5, 0.6) is 0 Å². The Balaban J connectivity index is 2.65. The van der Waals surface area contributed by atoms with Crippen LogP contribution in [0.3, 0.4) is 0 Å². The Morgan fingerprint density at radius 2 is 1.80 bits per heavy atom. The van der Waals surface area contributed by atoms with E-state index in [1.807, 2.05) is 51.1 Å². The smallest absolute Gasteiger partial charge is 0.162 e. The quantitative estimate of drug-likeness (QED) is 0.661. The molecule has 0 bridgehead atoms. The minimum absolute atomic E-state index is 0.581. The molecule has 0 spiro atoms. The Hall–Kier alpha value is -1.98. The van der Waals surface area contributed by atoms with Gasteiger partial charge in [-0.15, -0.1) is 0 Å². The van der Waals surface area contributed by atoms with Crippen LogP contribution in [0, 0.1) is 6.92 Å². The topological polar surface area (TPSA) is 73.1 Å². The summed E-state index contributed by atoms with van der Waals surface area (Å²) < 4.78 is 5.46. The Labute approximate surface area is 119 Å². The van der Waals surface area contributed by atoms with Crippen LogP contribution in [0.4, 0.5) is 5.82 Å². The number of nitrogens with one attached hydrogen (secondary N) is 1. The minimum Gasteiger partial charge on any atom is -0.371 e. The third kappa shape index (κ3) is 2.64. The molecule has 0 aliphatic rings. The summed E-state index contributed by atoms with van der Waals surface area (Å²) in [4.78, 5) is 9.11. The van der Waals surface area contributed by atoms with E-state index < -0.39 is 5.60 Å². The molecule has 1 aromatic heterocycles. The highest BCUT2D eigenvalue weighted by molar-refractivity contribution is 5.68. The molecular formula is C15H20N4O. The molecular weight excluding hydrogens is 252 g/mol. The molecule has 20 heavy (non-hydrogen) atoms. The van der Waals surface area contributed by atoms with Crippen molar-refractivity contribution >= 4 is 5.82 Å². The average Bonchev–Trinajstić information content (AvgIpc) is 2.48. The summed E-state index contributed by atoms with van der Waals surface area (Å²) in [6.45, 7) is 5.79. The average molecular weight is 272 g/mol. The third-order valence-electron chi connectivity index (χ3n) is 3.38. The number of nitrogens with zero attached hydrogens (tertiary/aromatic N) is 2. The summed E-state index contributed by atoms with van der Waals surface area (Å²) in [5.74, 6) is 6.78. The number of rotatable bonds is 4. The van der Waals surface area contributed by atoms with Crippen molar-refractivity contribution < 1.29 is 4.74 Å². The predicted octanol–water partition coefficient (Wildman–Crippen LogP) is 2.62. The second-order valence-corrected chi connectivity index (χ2v) is 5.09. The number of nitrogens with two attached hydrogens (primary N) is 1. The van der Waals surface area contributed by atoms with Crippen LogP contribution in [-0.4, -0.2) is 17.1 Å². The summed E-state index contributed by atoms with van der Waals surface area (Å²) in [6, 6.07) is 9.96. The van der Waals surface area contributed by atoms with Crippen LogP contribution >= 0.6 is 0 Å². The molecule has 0 saturated carbocycles. The van der Waals surface area contributed by atoms with E-state index >= 15 is 0 Å². The lowest BCUT2D eigenvalue weighted by Crippen LogP contribution is -2.25. The number of hydrogen-bond donors (Lipinski definition) is 2. The van der Waals surface area contributed by atoms with Crippen LogP contribution in [0.2, 0.25) is 0 Å². The van der Waals surface area contributed by atoms with Crippen molar-refractivity contribution in [3.8, 4) is 11.3 Å². The number of benzene rings is 1. The van der Waals surface area contributed by atoms with Crippen LogP contribution in [0.25, 0.3) is 11.3 Å². The fourth-order valence-electron chi connectivity index (χ4n) is 1.89. The van der Waals surface area contributed by atoms with Crippen molar-refractivity contribution in [3.05, 3.63) is 41.7 Å². The maximum Gasteiger partial charge on any atom is 0.162 e. The lowest BCUT2D eigenvalue weighted by molar-refractivity contribution is 0.0116. The van der Waals surface area contributed by atoms with Gasteiger partial charge in [-0.1, -0.05) is 30.3 Å². The first kappa shape index (κ1) is 14.4. The van der Waals surface area contributed by atoms with Gasteiger partial charge in [0, 0.05) is 18.2 Å². The Morgan fingerprint density at radius 1 is 1.15 bits per heavy atom.